The number of carboxylic acids is 1. The molecule has 4 atom stereocenters. The summed E-state index contributed by atoms with van der Waals surface area (Å²) in [5, 5.41) is 47.9. The van der Waals surface area contributed by atoms with Crippen LogP contribution in [0.25, 0.3) is 6.08 Å². The van der Waals surface area contributed by atoms with Crippen molar-refractivity contribution >= 4 is 78.2 Å². The van der Waals surface area contributed by atoms with E-state index in [-0.39, 0.29) is 119 Å². The summed E-state index contributed by atoms with van der Waals surface area (Å²) in [6, 6.07) is 9.44. The summed E-state index contributed by atoms with van der Waals surface area (Å²) in [5.41, 5.74) is 13.8. The monoisotopic (exact) mass is 1230 g/mol. The van der Waals surface area contributed by atoms with Crippen molar-refractivity contribution in [1.82, 2.24) is 25.7 Å². The van der Waals surface area contributed by atoms with Crippen LogP contribution in [-0.2, 0) is 59.1 Å². The molecular weight excluding hydrogens is 1140 g/mol. The third-order valence-corrected chi connectivity index (χ3v) is 13.8. The van der Waals surface area contributed by atoms with E-state index in [1.54, 1.807) is 13.3 Å². The molecule has 1 radical (unpaired) electrons. The maximum Gasteiger partial charge on any atom is 0.407 e. The van der Waals surface area contributed by atoms with Crippen molar-refractivity contribution in [3.8, 4) is 11.7 Å². The van der Waals surface area contributed by atoms with Gasteiger partial charge in [-0.15, -0.1) is 0 Å². The van der Waals surface area contributed by atoms with Gasteiger partial charge >= 0.3 is 12.1 Å². The minimum atomic E-state index is -1.28. The van der Waals surface area contributed by atoms with Gasteiger partial charge in [-0.3, -0.25) is 28.7 Å². The summed E-state index contributed by atoms with van der Waals surface area (Å²) in [4.78, 5) is 87.9. The molecule has 477 valence electrons. The van der Waals surface area contributed by atoms with Crippen molar-refractivity contribution in [1.29, 1.82) is 5.26 Å². The van der Waals surface area contributed by atoms with Crippen LogP contribution in [0, 0.1) is 11.2 Å². The van der Waals surface area contributed by atoms with E-state index in [4.69, 9.17) is 55.1 Å². The summed E-state index contributed by atoms with van der Waals surface area (Å²) in [7, 11) is 2.58. The van der Waals surface area contributed by atoms with Crippen LogP contribution in [0.3, 0.4) is 0 Å². The molecule has 1 fully saturated rings. The number of ether oxygens (including phenoxy) is 6. The van der Waals surface area contributed by atoms with Crippen LogP contribution in [0.1, 0.15) is 123 Å². The number of carbonyl (C=O) groups is 6. The number of hydrogen-bond donors (Lipinski definition) is 10. The average molecular weight is 1230 g/mol. The maximum atomic E-state index is 13.6. The number of amidine groups is 1. The lowest BCUT2D eigenvalue weighted by Crippen LogP contribution is -2.48. The zero-order chi connectivity index (χ0) is 63.5. The molecule has 2 heterocycles. The van der Waals surface area contributed by atoms with Crippen LogP contribution in [0.2, 0.25) is 5.31 Å². The van der Waals surface area contributed by atoms with Crippen molar-refractivity contribution in [3.63, 3.8) is 0 Å². The lowest BCUT2D eigenvalue weighted by molar-refractivity contribution is -0.195. The fourth-order valence-electron chi connectivity index (χ4n) is 8.42. The Balaban J connectivity index is 0.00000957. The van der Waals surface area contributed by atoms with Crippen molar-refractivity contribution in [2.24, 2.45) is 16.5 Å². The lowest BCUT2D eigenvalue weighted by atomic mass is 9.54. The first kappa shape index (κ1) is 73.9. The Morgan fingerprint density at radius 1 is 0.930 bits per heavy atom. The third kappa shape index (κ3) is 28.9. The van der Waals surface area contributed by atoms with Crippen molar-refractivity contribution in [3.05, 3.63) is 53.1 Å². The quantitative estimate of drug-likeness (QED) is 0.0190. The van der Waals surface area contributed by atoms with Gasteiger partial charge in [-0.1, -0.05) is 26.8 Å². The molecular formula is C58H90BN10O16S. The number of nitrogens with two attached hydrogens (primary N) is 2. The zero-order valence-corrected chi connectivity index (χ0v) is 51.6. The number of benzene rings is 2. The number of aliphatic carboxylic acids is 1. The number of fused-ring (bicyclic) bond motifs is 1. The van der Waals surface area contributed by atoms with E-state index in [0.717, 1.165) is 24.0 Å². The number of amides is 5. The number of hydrogen-bond acceptors (Lipinski definition) is 21. The van der Waals surface area contributed by atoms with E-state index < -0.39 is 48.1 Å². The van der Waals surface area contributed by atoms with E-state index in [1.165, 1.54) is 29.1 Å². The molecule has 2 aromatic rings. The Morgan fingerprint density at radius 3 is 2.40 bits per heavy atom. The Bertz CT molecular complexity index is 2570. The van der Waals surface area contributed by atoms with Crippen LogP contribution in [0.4, 0.5) is 16.2 Å². The number of nitriles is 1. The summed E-state index contributed by atoms with van der Waals surface area (Å²) in [5.74, 6) is -0.105. The summed E-state index contributed by atoms with van der Waals surface area (Å²) in [6.07, 6.45) is 0.813. The van der Waals surface area contributed by atoms with Gasteiger partial charge in [-0.25, -0.2) is 24.9 Å². The van der Waals surface area contributed by atoms with Crippen molar-refractivity contribution < 1.29 is 77.3 Å². The molecule has 5 amide bonds. The first-order valence-corrected chi connectivity index (χ1v) is 29.8. The van der Waals surface area contributed by atoms with Crippen molar-refractivity contribution in [2.45, 2.75) is 159 Å². The van der Waals surface area contributed by atoms with Gasteiger partial charge in [0.05, 0.1) is 56.1 Å². The highest BCUT2D eigenvalue weighted by atomic mass is 32.2. The molecule has 2 aromatic carbocycles. The van der Waals surface area contributed by atoms with Crippen molar-refractivity contribution in [2.75, 3.05) is 84.8 Å². The third-order valence-electron chi connectivity index (χ3n) is 13.0. The second kappa shape index (κ2) is 40.1. The van der Waals surface area contributed by atoms with Gasteiger partial charge in [-0.05, 0) is 124 Å². The number of aliphatic hydroxyl groups excluding tert-OH is 2. The first-order chi connectivity index (χ1) is 41.1. The number of anilines is 1. The number of unbranched alkanes of at least 4 members (excludes halogenated alkanes) is 1. The van der Waals surface area contributed by atoms with Crippen LogP contribution in [-0.4, -0.2) is 179 Å². The highest BCUT2D eigenvalue weighted by molar-refractivity contribution is 7.97. The van der Waals surface area contributed by atoms with Gasteiger partial charge < -0.3 is 76.5 Å². The molecule has 28 heteroatoms. The van der Waals surface area contributed by atoms with Gasteiger partial charge in [0.25, 0.3) is 13.2 Å². The zero-order valence-electron chi connectivity index (χ0n) is 50.7. The predicted octanol–water partition coefficient (Wildman–Crippen LogP) is 4.55. The molecule has 0 spiro atoms. The molecule has 1 saturated heterocycles. The van der Waals surface area contributed by atoms with E-state index in [9.17, 15) is 39.0 Å². The van der Waals surface area contributed by atoms with Gasteiger partial charge in [0.15, 0.2) is 6.10 Å². The minimum Gasteiger partial charge on any atom is -0.479 e. The Labute approximate surface area is 509 Å². The number of alkyl carbamates (subject to hydrolysis) is 1. The SMILES string of the molecule is CCCN(OCC)C(=O)C1=Cc2cc(SNCCOCCOCCC(=O)NC(CCCCNC(=O)OCc3ccc(OC4CC(O)CC(C(=O)O)O4)c(NC(=O)CCN)c3)C(=O)NCCC(C)(C)OCCC(C)(C)[B]C#N)ccc2N=C(N)C1.CO. The van der Waals surface area contributed by atoms with E-state index in [1.807, 2.05) is 65.8 Å². The molecule has 86 heavy (non-hydrogen) atoms. The smallest absolute Gasteiger partial charge is 0.407 e. The van der Waals surface area contributed by atoms with E-state index >= 15 is 0 Å². The van der Waals surface area contributed by atoms with Gasteiger partial charge in [0.1, 0.15) is 24.2 Å². The standard InChI is InChI=1S/C57H86BN10O15S.CH4O/c1-7-24-68(81-8-2)53(73)40-31-39-32-42(13-14-43(39)65-48(61)33-40)84-64-23-27-78-29-28-77-25-17-50(71)66-44(52(72)62-22-18-57(5,6)80-26-19-56(3,4)58-37-60)11-9-10-21-63-55(76)79-36-38-12-15-46(45(30-38)67-49(70)16-20-59)82-51-35-41(69)34-47(83-51)54(74)75;1-2/h12-15,30-32,41,44,47,51,64,69H,7-11,16-29,33-36,59H2,1-6H3,(H2,61,65)(H,62,72)(H,63,76)(H,66,71)(H,67,70)(H,74,75);2H,1H3. The molecule has 0 saturated carbocycles. The number of carbonyl (C=O) groups excluding carboxylic acids is 5. The van der Waals surface area contributed by atoms with E-state index in [0.29, 0.717) is 81.3 Å². The number of nitrogens with one attached hydrogen (secondary N) is 5. The average Bonchev–Trinajstić information content (AvgIpc) is 2.76. The Morgan fingerprint density at radius 2 is 1.69 bits per heavy atom. The molecule has 0 aliphatic carbocycles. The van der Waals surface area contributed by atoms with Crippen LogP contribution < -0.4 is 42.2 Å². The molecule has 2 aliphatic rings. The molecule has 0 aromatic heterocycles. The maximum absolute atomic E-state index is 13.6. The van der Waals surface area contributed by atoms with Crippen LogP contribution >= 0.6 is 11.9 Å². The number of carboxylic acid groups (broad SMARTS) is 1. The fourth-order valence-corrected chi connectivity index (χ4v) is 9.10. The minimum absolute atomic E-state index is 0.000761. The number of nitrogens with zero attached hydrogens (tertiary/aromatic N) is 3. The lowest BCUT2D eigenvalue weighted by Gasteiger charge is -2.31. The van der Waals surface area contributed by atoms with Gasteiger partial charge in [0.2, 0.25) is 24.0 Å². The highest BCUT2D eigenvalue weighted by Crippen LogP contribution is 2.33. The molecule has 0 bridgehead atoms. The Hall–Kier alpha value is -6.39. The van der Waals surface area contributed by atoms with Crippen LogP contribution in [0.15, 0.2) is 51.9 Å². The summed E-state index contributed by atoms with van der Waals surface area (Å²) >= 11 is 1.41. The first-order valence-electron chi connectivity index (χ1n) is 29.0. The normalized spacial score (nSPS) is 16.0. The molecule has 4 unspecified atom stereocenters. The van der Waals surface area contributed by atoms with Crippen LogP contribution in [0.5, 0.6) is 5.75 Å². The van der Waals surface area contributed by atoms with Gasteiger partial charge in [-0.2, -0.15) is 0 Å². The predicted molar refractivity (Wildman–Crippen MR) is 325 cm³/mol. The second-order valence-electron chi connectivity index (χ2n) is 21.3. The summed E-state index contributed by atoms with van der Waals surface area (Å²) in [6.45, 7) is 14.7. The molecule has 12 N–H and O–H groups in total. The molecule has 4 rings (SSSR count). The largest absolute Gasteiger partial charge is 0.479 e. The molecule has 26 nitrogen and oxygen atoms in total. The number of aliphatic hydroxyl groups is 2. The number of aliphatic imine (C=N–C) groups is 1. The fraction of sp³-hybridized carbons (Fsp3) is 0.621. The number of rotatable bonds is 39. The van der Waals surface area contributed by atoms with E-state index in [2.05, 4.69) is 37.0 Å². The summed E-state index contributed by atoms with van der Waals surface area (Å²) < 4.78 is 37.6. The highest BCUT2D eigenvalue weighted by Gasteiger charge is 2.35. The Kier molecular flexibility index (Phi) is 34.5. The molecule has 2 aliphatic heterocycles. The second-order valence-corrected chi connectivity index (χ2v) is 22.3. The number of hydroxylamine groups is 2. The topological polar surface area (TPSA) is 379 Å². The van der Waals surface area contributed by atoms with Gasteiger partial charge in [0, 0.05) is 94.6 Å².